The van der Waals surface area contributed by atoms with Crippen molar-refractivity contribution in [3.8, 4) is 6.07 Å². The highest BCUT2D eigenvalue weighted by atomic mass is 35.5. The molecule has 106 valence electrons. The Morgan fingerprint density at radius 3 is 2.71 bits per heavy atom. The summed E-state index contributed by atoms with van der Waals surface area (Å²) >= 11 is 6.01. The van der Waals surface area contributed by atoms with Crippen molar-refractivity contribution in [3.05, 3.63) is 45.2 Å². The van der Waals surface area contributed by atoms with Crippen molar-refractivity contribution in [3.63, 3.8) is 0 Å². The highest BCUT2D eigenvalue weighted by Gasteiger charge is 2.22. The molecule has 0 saturated carbocycles. The summed E-state index contributed by atoms with van der Waals surface area (Å²) in [4.78, 5) is 18.2. The van der Waals surface area contributed by atoms with Gasteiger partial charge in [0, 0.05) is 7.05 Å². The summed E-state index contributed by atoms with van der Waals surface area (Å²) < 4.78 is 0. The fourth-order valence-electron chi connectivity index (χ4n) is 1.64. The number of nitrogens with zero attached hydrogens (tertiary/aromatic N) is 4. The molecule has 1 aromatic heterocycles. The molecule has 9 heteroatoms. The molecule has 0 spiro atoms. The minimum atomic E-state index is -0.601. The summed E-state index contributed by atoms with van der Waals surface area (Å²) in [6.07, 6.45) is 1.18. The molecule has 1 heterocycles. The Labute approximate surface area is 124 Å². The number of hydrogen-bond acceptors (Lipinski definition) is 7. The summed E-state index contributed by atoms with van der Waals surface area (Å²) in [5.41, 5.74) is 0.408. The van der Waals surface area contributed by atoms with Gasteiger partial charge in [0.1, 0.15) is 6.33 Å². The molecular formula is C12H9ClN6O2. The lowest BCUT2D eigenvalue weighted by molar-refractivity contribution is -0.383. The Bertz CT molecular complexity index is 743. The number of hydrogen-bond donors (Lipinski definition) is 2. The molecule has 2 rings (SSSR count). The van der Waals surface area contributed by atoms with Gasteiger partial charge < -0.3 is 10.6 Å². The maximum Gasteiger partial charge on any atom is 0.353 e. The molecule has 1 aromatic carbocycles. The van der Waals surface area contributed by atoms with E-state index in [1.54, 1.807) is 6.07 Å². The maximum absolute atomic E-state index is 11.2. The van der Waals surface area contributed by atoms with Gasteiger partial charge in [-0.2, -0.15) is 5.26 Å². The number of rotatable bonds is 4. The summed E-state index contributed by atoms with van der Waals surface area (Å²) in [6, 6.07) is 6.51. The zero-order valence-corrected chi connectivity index (χ0v) is 11.5. The third-order valence-electron chi connectivity index (χ3n) is 2.59. The summed E-state index contributed by atoms with van der Waals surface area (Å²) in [5.74, 6) is 0.0569. The van der Waals surface area contributed by atoms with Crippen molar-refractivity contribution in [1.82, 2.24) is 9.97 Å². The van der Waals surface area contributed by atoms with E-state index in [1.807, 2.05) is 6.07 Å². The quantitative estimate of drug-likeness (QED) is 0.658. The van der Waals surface area contributed by atoms with Gasteiger partial charge in [-0.15, -0.1) is 0 Å². The number of benzene rings is 1. The number of halogens is 1. The number of aromatic nitrogens is 2. The van der Waals surface area contributed by atoms with Crippen molar-refractivity contribution in [2.75, 3.05) is 17.7 Å². The highest BCUT2D eigenvalue weighted by molar-refractivity contribution is 6.33. The average molecular weight is 305 g/mol. The van der Waals surface area contributed by atoms with Crippen LogP contribution in [0.1, 0.15) is 5.56 Å². The molecule has 0 saturated heterocycles. The Hall–Kier alpha value is -2.92. The second-order valence-electron chi connectivity index (χ2n) is 3.86. The monoisotopic (exact) mass is 304 g/mol. The average Bonchev–Trinajstić information content (AvgIpc) is 2.48. The van der Waals surface area contributed by atoms with Crippen LogP contribution < -0.4 is 10.6 Å². The molecule has 0 amide bonds. The second-order valence-corrected chi connectivity index (χ2v) is 4.27. The second kappa shape index (κ2) is 6.02. The number of nitrogens with one attached hydrogen (secondary N) is 2. The first kappa shape index (κ1) is 14.5. The van der Waals surface area contributed by atoms with E-state index in [9.17, 15) is 10.1 Å². The van der Waals surface area contributed by atoms with Crippen LogP contribution in [0.5, 0.6) is 0 Å². The molecule has 0 bridgehead atoms. The number of nitro groups is 1. The Balaban J connectivity index is 2.50. The van der Waals surface area contributed by atoms with Crippen LogP contribution in [0.3, 0.4) is 0 Å². The van der Waals surface area contributed by atoms with E-state index in [2.05, 4.69) is 20.6 Å². The minimum absolute atomic E-state index is 0.0173. The van der Waals surface area contributed by atoms with Gasteiger partial charge in [-0.1, -0.05) is 11.6 Å². The van der Waals surface area contributed by atoms with Gasteiger partial charge in [-0.25, -0.2) is 9.97 Å². The first-order chi connectivity index (χ1) is 10.1. The Morgan fingerprint density at radius 1 is 1.38 bits per heavy atom. The third kappa shape index (κ3) is 2.98. The van der Waals surface area contributed by atoms with Crippen LogP contribution in [-0.2, 0) is 0 Å². The smallest absolute Gasteiger partial charge is 0.353 e. The van der Waals surface area contributed by atoms with Crippen molar-refractivity contribution in [1.29, 1.82) is 5.26 Å². The molecule has 0 aliphatic carbocycles. The van der Waals surface area contributed by atoms with Gasteiger partial charge in [-0.05, 0) is 18.2 Å². The van der Waals surface area contributed by atoms with Gasteiger partial charge in [-0.3, -0.25) is 10.1 Å². The summed E-state index contributed by atoms with van der Waals surface area (Å²) in [5, 5.41) is 25.7. The summed E-state index contributed by atoms with van der Waals surface area (Å²) in [6.45, 7) is 0. The number of nitriles is 1. The van der Waals surface area contributed by atoms with Crippen LogP contribution in [0.2, 0.25) is 5.02 Å². The normalized spacial score (nSPS) is 9.76. The van der Waals surface area contributed by atoms with E-state index >= 15 is 0 Å². The van der Waals surface area contributed by atoms with E-state index in [1.165, 1.54) is 25.5 Å². The van der Waals surface area contributed by atoms with Crippen molar-refractivity contribution < 1.29 is 4.92 Å². The van der Waals surface area contributed by atoms with Gasteiger partial charge >= 0.3 is 5.69 Å². The van der Waals surface area contributed by atoms with Crippen molar-refractivity contribution in [2.45, 2.75) is 0 Å². The fraction of sp³-hybridized carbons (Fsp3) is 0.0833. The van der Waals surface area contributed by atoms with Crippen LogP contribution in [0.4, 0.5) is 23.0 Å². The molecule has 0 atom stereocenters. The number of anilines is 3. The Kier molecular flexibility index (Phi) is 4.15. The van der Waals surface area contributed by atoms with Crippen LogP contribution in [-0.4, -0.2) is 21.9 Å². The minimum Gasteiger partial charge on any atom is -0.367 e. The topological polar surface area (TPSA) is 117 Å². The highest BCUT2D eigenvalue weighted by Crippen LogP contribution is 2.33. The molecule has 0 aliphatic heterocycles. The van der Waals surface area contributed by atoms with E-state index < -0.39 is 4.92 Å². The Morgan fingerprint density at radius 2 is 2.10 bits per heavy atom. The van der Waals surface area contributed by atoms with Gasteiger partial charge in [0.2, 0.25) is 11.6 Å². The molecule has 0 unspecified atom stereocenters. The first-order valence-electron chi connectivity index (χ1n) is 5.70. The predicted molar refractivity (Wildman–Crippen MR) is 77.7 cm³/mol. The van der Waals surface area contributed by atoms with Gasteiger partial charge in [0.25, 0.3) is 0 Å². The predicted octanol–water partition coefficient (Wildman–Crippen LogP) is 2.70. The SMILES string of the molecule is CNc1ncnc(Nc2cc(C#N)ccc2Cl)c1[N+](=O)[O-]. The first-order valence-corrected chi connectivity index (χ1v) is 6.08. The summed E-state index contributed by atoms with van der Waals surface area (Å²) in [7, 11) is 1.52. The largest absolute Gasteiger partial charge is 0.367 e. The lowest BCUT2D eigenvalue weighted by Gasteiger charge is -2.09. The standard InChI is InChI=1S/C12H9ClN6O2/c1-15-11-10(19(20)21)12(17-6-16-11)18-9-4-7(5-14)2-3-8(9)13/h2-4,6H,1H3,(H2,15,16,17,18). The molecule has 2 N–H and O–H groups in total. The molecular weight excluding hydrogens is 296 g/mol. The third-order valence-corrected chi connectivity index (χ3v) is 2.92. The maximum atomic E-state index is 11.2. The van der Waals surface area contributed by atoms with E-state index in [0.717, 1.165) is 0 Å². The molecule has 0 fully saturated rings. The van der Waals surface area contributed by atoms with Crippen molar-refractivity contribution >= 4 is 34.6 Å². The van der Waals surface area contributed by atoms with Crippen LogP contribution in [0, 0.1) is 21.4 Å². The van der Waals surface area contributed by atoms with Crippen LogP contribution >= 0.6 is 11.6 Å². The lowest BCUT2D eigenvalue weighted by Crippen LogP contribution is -2.05. The molecule has 0 aliphatic rings. The molecule has 8 nitrogen and oxygen atoms in total. The van der Waals surface area contributed by atoms with Gasteiger partial charge in [0.05, 0.1) is 27.3 Å². The van der Waals surface area contributed by atoms with E-state index in [4.69, 9.17) is 16.9 Å². The zero-order chi connectivity index (χ0) is 15.4. The van der Waals surface area contributed by atoms with E-state index in [-0.39, 0.29) is 17.3 Å². The van der Waals surface area contributed by atoms with Gasteiger partial charge in [0.15, 0.2) is 0 Å². The molecule has 0 radical (unpaired) electrons. The van der Waals surface area contributed by atoms with Crippen molar-refractivity contribution in [2.24, 2.45) is 0 Å². The van der Waals surface area contributed by atoms with E-state index in [0.29, 0.717) is 16.3 Å². The lowest BCUT2D eigenvalue weighted by atomic mass is 10.2. The van der Waals surface area contributed by atoms with Crippen LogP contribution in [0.25, 0.3) is 0 Å². The zero-order valence-electron chi connectivity index (χ0n) is 10.8. The molecule has 21 heavy (non-hydrogen) atoms. The molecule has 2 aromatic rings. The van der Waals surface area contributed by atoms with Crippen LogP contribution in [0.15, 0.2) is 24.5 Å². The fourth-order valence-corrected chi connectivity index (χ4v) is 1.81.